The van der Waals surface area contributed by atoms with Gasteiger partial charge in [0.05, 0.1) is 78.2 Å². The van der Waals surface area contributed by atoms with Crippen LogP contribution in [0.2, 0.25) is 0 Å². The highest BCUT2D eigenvalue weighted by Gasteiger charge is 2.06. The highest BCUT2D eigenvalue weighted by Crippen LogP contribution is 2.11. The summed E-state index contributed by atoms with van der Waals surface area (Å²) in [7, 11) is 0. The van der Waals surface area contributed by atoms with Gasteiger partial charge in [0.25, 0.3) is 0 Å². The summed E-state index contributed by atoms with van der Waals surface area (Å²) in [6.07, 6.45) is 12.8. The maximum Gasteiger partial charge on any atom is 0.338 e. The van der Waals surface area contributed by atoms with Gasteiger partial charge >= 0.3 is 5.97 Å². The van der Waals surface area contributed by atoms with Gasteiger partial charge in [-0.1, -0.05) is 65.2 Å². The van der Waals surface area contributed by atoms with Gasteiger partial charge in [-0.05, 0) is 37.1 Å². The zero-order chi connectivity index (χ0) is 30.2. The molecule has 0 aliphatic heterocycles. The number of anilines is 1. The fraction of sp³-hybridized carbons (Fsp3) is 0.788. The maximum absolute atomic E-state index is 12.1. The minimum Gasteiger partial charge on any atom is -0.460 e. The van der Waals surface area contributed by atoms with E-state index < -0.39 is 0 Å². The molecule has 0 spiro atoms. The number of carbonyl (C=O) groups excluding carboxylic acids is 1. The van der Waals surface area contributed by atoms with Gasteiger partial charge in [-0.15, -0.1) is 0 Å². The molecule has 0 atom stereocenters. The van der Waals surface area contributed by atoms with E-state index in [1.807, 2.05) is 12.1 Å². The van der Waals surface area contributed by atoms with Crippen molar-refractivity contribution in [3.63, 3.8) is 0 Å². The third-order valence-electron chi connectivity index (χ3n) is 6.44. The molecule has 0 saturated carbocycles. The molecule has 42 heavy (non-hydrogen) atoms. The summed E-state index contributed by atoms with van der Waals surface area (Å²) in [5.41, 5.74) is 1.53. The number of benzene rings is 1. The first kappa shape index (κ1) is 38.3. The SMILES string of the molecule is CCCCCCCCCCOCCOCCOCCOCCOCCOCCOC(=O)c1ccc(NCCCC)cc1. The van der Waals surface area contributed by atoms with E-state index in [-0.39, 0.29) is 12.6 Å². The lowest BCUT2D eigenvalue weighted by atomic mass is 10.1. The first-order valence-electron chi connectivity index (χ1n) is 16.3. The van der Waals surface area contributed by atoms with Crippen molar-refractivity contribution in [2.24, 2.45) is 0 Å². The van der Waals surface area contributed by atoms with E-state index >= 15 is 0 Å². The van der Waals surface area contributed by atoms with Crippen LogP contribution in [0.25, 0.3) is 0 Å². The lowest BCUT2D eigenvalue weighted by Crippen LogP contribution is -2.15. The second kappa shape index (κ2) is 30.7. The van der Waals surface area contributed by atoms with Gasteiger partial charge in [0.1, 0.15) is 6.61 Å². The molecule has 0 aliphatic carbocycles. The highest BCUT2D eigenvalue weighted by molar-refractivity contribution is 5.89. The smallest absolute Gasteiger partial charge is 0.338 e. The van der Waals surface area contributed by atoms with Crippen LogP contribution in [0.15, 0.2) is 24.3 Å². The molecule has 1 rings (SSSR count). The fourth-order valence-electron chi connectivity index (χ4n) is 3.95. The van der Waals surface area contributed by atoms with Crippen molar-refractivity contribution >= 4 is 11.7 Å². The van der Waals surface area contributed by atoms with Gasteiger partial charge in [0.15, 0.2) is 0 Å². The van der Waals surface area contributed by atoms with Crippen LogP contribution in [0.4, 0.5) is 5.69 Å². The molecule has 9 nitrogen and oxygen atoms in total. The Balaban J connectivity index is 1.74. The van der Waals surface area contributed by atoms with E-state index in [4.69, 9.17) is 33.2 Å². The van der Waals surface area contributed by atoms with Crippen molar-refractivity contribution in [3.8, 4) is 0 Å². The van der Waals surface area contributed by atoms with E-state index in [0.717, 1.165) is 38.1 Å². The summed E-state index contributed by atoms with van der Waals surface area (Å²) in [6.45, 7) is 12.0. The second-order valence-corrected chi connectivity index (χ2v) is 10.1. The molecule has 0 aromatic heterocycles. The molecule has 1 aromatic carbocycles. The Labute approximate surface area is 255 Å². The van der Waals surface area contributed by atoms with Crippen molar-refractivity contribution in [2.75, 3.05) is 97.8 Å². The third kappa shape index (κ3) is 24.8. The predicted octanol–water partition coefficient (Wildman–Crippen LogP) is 6.30. The summed E-state index contributed by atoms with van der Waals surface area (Å²) in [6, 6.07) is 7.32. The van der Waals surface area contributed by atoms with Gasteiger partial charge < -0.3 is 38.5 Å². The van der Waals surface area contributed by atoms with E-state index in [0.29, 0.717) is 78.2 Å². The number of hydrogen-bond acceptors (Lipinski definition) is 9. The van der Waals surface area contributed by atoms with Crippen LogP contribution in [0, 0.1) is 0 Å². The lowest BCUT2D eigenvalue weighted by molar-refractivity contribution is -0.0194. The monoisotopic (exact) mass is 597 g/mol. The van der Waals surface area contributed by atoms with Crippen LogP contribution in [-0.4, -0.2) is 98.4 Å². The largest absolute Gasteiger partial charge is 0.460 e. The van der Waals surface area contributed by atoms with Crippen molar-refractivity contribution in [2.45, 2.75) is 78.1 Å². The number of unbranched alkanes of at least 4 members (excludes halogenated alkanes) is 8. The van der Waals surface area contributed by atoms with Crippen molar-refractivity contribution in [1.82, 2.24) is 0 Å². The maximum atomic E-state index is 12.1. The highest BCUT2D eigenvalue weighted by atomic mass is 16.6. The van der Waals surface area contributed by atoms with E-state index in [9.17, 15) is 4.79 Å². The van der Waals surface area contributed by atoms with E-state index in [1.165, 1.54) is 44.9 Å². The summed E-state index contributed by atoms with van der Waals surface area (Å²) in [4.78, 5) is 12.1. The molecule has 0 unspecified atom stereocenters. The number of rotatable bonds is 32. The zero-order valence-electron chi connectivity index (χ0n) is 26.5. The quantitative estimate of drug-likeness (QED) is 0.0759. The molecule has 0 aliphatic rings. The molecule has 0 radical (unpaired) electrons. The van der Waals surface area contributed by atoms with Crippen molar-refractivity contribution in [3.05, 3.63) is 29.8 Å². The van der Waals surface area contributed by atoms with Crippen molar-refractivity contribution in [1.29, 1.82) is 0 Å². The van der Waals surface area contributed by atoms with Gasteiger partial charge in [-0.3, -0.25) is 0 Å². The first-order valence-corrected chi connectivity index (χ1v) is 16.3. The molecular formula is C33H59NO8. The van der Waals surface area contributed by atoms with Crippen LogP contribution in [0.3, 0.4) is 0 Å². The van der Waals surface area contributed by atoms with Gasteiger partial charge in [0, 0.05) is 18.8 Å². The topological polar surface area (TPSA) is 93.7 Å². The van der Waals surface area contributed by atoms with Gasteiger partial charge in [0.2, 0.25) is 0 Å². The Hall–Kier alpha value is -1.75. The summed E-state index contributed by atoms with van der Waals surface area (Å²) >= 11 is 0. The number of nitrogens with one attached hydrogen (secondary N) is 1. The predicted molar refractivity (Wildman–Crippen MR) is 168 cm³/mol. The first-order chi connectivity index (χ1) is 20.8. The minimum absolute atomic E-state index is 0.205. The molecule has 9 heteroatoms. The van der Waals surface area contributed by atoms with Crippen molar-refractivity contribution < 1.29 is 38.0 Å². The molecule has 1 aromatic rings. The minimum atomic E-state index is -0.349. The van der Waals surface area contributed by atoms with Gasteiger partial charge in [-0.25, -0.2) is 4.79 Å². The molecule has 0 bridgehead atoms. The Morgan fingerprint density at radius 2 is 0.905 bits per heavy atom. The Morgan fingerprint density at radius 1 is 0.500 bits per heavy atom. The standard InChI is InChI=1S/C33H59NO8/c1-3-5-7-8-9-10-11-12-18-36-19-20-37-21-22-38-23-24-39-25-26-40-27-28-41-29-30-42-33(35)31-13-15-32(16-14-31)34-17-6-4-2/h13-16,34H,3-12,17-30H2,1-2H3. The Kier molecular flexibility index (Phi) is 28.0. The zero-order valence-corrected chi connectivity index (χ0v) is 26.5. The summed E-state index contributed by atoms with van der Waals surface area (Å²) in [5, 5.41) is 3.32. The Morgan fingerprint density at radius 3 is 1.38 bits per heavy atom. The molecule has 0 amide bonds. The number of carbonyl (C=O) groups is 1. The van der Waals surface area contributed by atoms with Crippen LogP contribution >= 0.6 is 0 Å². The number of esters is 1. The van der Waals surface area contributed by atoms with Gasteiger partial charge in [-0.2, -0.15) is 0 Å². The van der Waals surface area contributed by atoms with E-state index in [1.54, 1.807) is 12.1 Å². The average Bonchev–Trinajstić information content (AvgIpc) is 3.01. The van der Waals surface area contributed by atoms with Crippen LogP contribution in [0.5, 0.6) is 0 Å². The van der Waals surface area contributed by atoms with Crippen LogP contribution < -0.4 is 5.32 Å². The number of hydrogen-bond donors (Lipinski definition) is 1. The van der Waals surface area contributed by atoms with Crippen LogP contribution in [-0.2, 0) is 33.2 Å². The molecule has 0 heterocycles. The molecule has 1 N–H and O–H groups in total. The normalized spacial score (nSPS) is 11.2. The summed E-state index contributed by atoms with van der Waals surface area (Å²) in [5.74, 6) is -0.349. The third-order valence-corrected chi connectivity index (χ3v) is 6.44. The molecular weight excluding hydrogens is 538 g/mol. The molecule has 0 saturated heterocycles. The lowest BCUT2D eigenvalue weighted by Gasteiger charge is -2.09. The average molecular weight is 598 g/mol. The van der Waals surface area contributed by atoms with Crippen LogP contribution in [0.1, 0.15) is 88.4 Å². The second-order valence-electron chi connectivity index (χ2n) is 10.1. The number of ether oxygens (including phenoxy) is 7. The molecule has 244 valence electrons. The molecule has 0 fully saturated rings. The fourth-order valence-corrected chi connectivity index (χ4v) is 3.95. The van der Waals surface area contributed by atoms with E-state index in [2.05, 4.69) is 19.2 Å². The Bertz CT molecular complexity index is 704. The summed E-state index contributed by atoms with van der Waals surface area (Å²) < 4.78 is 38.3.